The van der Waals surface area contributed by atoms with Gasteiger partial charge in [0.15, 0.2) is 0 Å². The maximum Gasteiger partial charge on any atom is 0.255 e. The second kappa shape index (κ2) is 7.43. The zero-order valence-electron chi connectivity index (χ0n) is 12.4. The van der Waals surface area contributed by atoms with Gasteiger partial charge in [0.25, 0.3) is 5.91 Å². The van der Waals surface area contributed by atoms with E-state index in [0.29, 0.717) is 12.2 Å². The summed E-state index contributed by atoms with van der Waals surface area (Å²) in [7, 11) is 0. The fraction of sp³-hybridized carbons (Fsp3) is 0.294. The summed E-state index contributed by atoms with van der Waals surface area (Å²) in [5.74, 6) is 0.653. The fourth-order valence-corrected chi connectivity index (χ4v) is 1.86. The van der Waals surface area contributed by atoms with E-state index in [4.69, 9.17) is 4.74 Å². The van der Waals surface area contributed by atoms with Crippen LogP contribution in [0.25, 0.3) is 0 Å². The summed E-state index contributed by atoms with van der Waals surface area (Å²) in [6.07, 6.45) is 3.81. The minimum Gasteiger partial charge on any atom is -0.494 e. The number of aryl methyl sites for hydroxylation is 1. The number of unbranched alkanes of at least 4 members (excludes halogenated alkanes) is 1. The predicted molar refractivity (Wildman–Crippen MR) is 83.8 cm³/mol. The van der Waals surface area contributed by atoms with Gasteiger partial charge in [0.2, 0.25) is 0 Å². The van der Waals surface area contributed by atoms with Crippen LogP contribution in [0.3, 0.4) is 0 Å². The predicted octanol–water partition coefficient (Wildman–Crippen LogP) is 3.82. The Balaban J connectivity index is 1.96. The van der Waals surface area contributed by atoms with Gasteiger partial charge in [-0.3, -0.25) is 9.78 Å². The van der Waals surface area contributed by atoms with Crippen LogP contribution in [-0.4, -0.2) is 17.5 Å². The van der Waals surface area contributed by atoms with E-state index in [1.165, 1.54) is 0 Å². The van der Waals surface area contributed by atoms with E-state index in [1.807, 2.05) is 25.1 Å². The number of carbonyl (C=O) groups is 1. The molecule has 0 atom stereocenters. The highest BCUT2D eigenvalue weighted by Crippen LogP contribution is 2.15. The number of ether oxygens (including phenoxy) is 1. The SMILES string of the molecule is CCCCOc1ccc(C(=O)Nc2ccnc(C)c2)cc1. The van der Waals surface area contributed by atoms with Crippen LogP contribution in [0.4, 0.5) is 5.69 Å². The molecule has 21 heavy (non-hydrogen) atoms. The monoisotopic (exact) mass is 284 g/mol. The van der Waals surface area contributed by atoms with Gasteiger partial charge in [-0.1, -0.05) is 13.3 Å². The van der Waals surface area contributed by atoms with Gasteiger partial charge in [-0.15, -0.1) is 0 Å². The van der Waals surface area contributed by atoms with Crippen molar-refractivity contribution in [2.45, 2.75) is 26.7 Å². The molecule has 0 spiro atoms. The van der Waals surface area contributed by atoms with Crippen molar-refractivity contribution in [2.24, 2.45) is 0 Å². The molecule has 2 rings (SSSR count). The first-order valence-electron chi connectivity index (χ1n) is 7.16. The topological polar surface area (TPSA) is 51.2 Å². The minimum atomic E-state index is -0.138. The van der Waals surface area contributed by atoms with E-state index in [-0.39, 0.29) is 5.91 Å². The number of amides is 1. The summed E-state index contributed by atoms with van der Waals surface area (Å²) >= 11 is 0. The molecule has 0 radical (unpaired) electrons. The first-order chi connectivity index (χ1) is 10.2. The lowest BCUT2D eigenvalue weighted by molar-refractivity contribution is 0.102. The Labute approximate surface area is 125 Å². The number of nitrogens with one attached hydrogen (secondary N) is 1. The summed E-state index contributed by atoms with van der Waals surface area (Å²) in [5, 5.41) is 2.85. The summed E-state index contributed by atoms with van der Waals surface area (Å²) in [6.45, 7) is 4.72. The summed E-state index contributed by atoms with van der Waals surface area (Å²) in [4.78, 5) is 16.2. The van der Waals surface area contributed by atoms with Crippen LogP contribution in [0.2, 0.25) is 0 Å². The van der Waals surface area contributed by atoms with E-state index in [2.05, 4.69) is 17.2 Å². The highest BCUT2D eigenvalue weighted by Gasteiger charge is 2.06. The molecule has 1 amide bonds. The molecule has 2 aromatic rings. The van der Waals surface area contributed by atoms with Crippen molar-refractivity contribution in [3.05, 3.63) is 53.9 Å². The molecule has 0 unspecified atom stereocenters. The Hall–Kier alpha value is -2.36. The molecule has 1 aromatic heterocycles. The van der Waals surface area contributed by atoms with Gasteiger partial charge in [-0.25, -0.2) is 0 Å². The van der Waals surface area contributed by atoms with Crippen LogP contribution < -0.4 is 10.1 Å². The zero-order chi connectivity index (χ0) is 15.1. The zero-order valence-corrected chi connectivity index (χ0v) is 12.4. The van der Waals surface area contributed by atoms with E-state index < -0.39 is 0 Å². The molecule has 1 heterocycles. The van der Waals surface area contributed by atoms with Gasteiger partial charge in [0, 0.05) is 23.1 Å². The molecule has 0 saturated heterocycles. The molecule has 0 saturated carbocycles. The Morgan fingerprint density at radius 2 is 2.00 bits per heavy atom. The second-order valence-electron chi connectivity index (χ2n) is 4.87. The smallest absolute Gasteiger partial charge is 0.255 e. The van der Waals surface area contributed by atoms with Crippen molar-refractivity contribution in [1.29, 1.82) is 0 Å². The number of hydrogen-bond acceptors (Lipinski definition) is 3. The molecule has 0 aliphatic rings. The van der Waals surface area contributed by atoms with Crippen LogP contribution in [-0.2, 0) is 0 Å². The van der Waals surface area contributed by atoms with Crippen molar-refractivity contribution in [2.75, 3.05) is 11.9 Å². The molecule has 110 valence electrons. The van der Waals surface area contributed by atoms with Crippen LogP contribution >= 0.6 is 0 Å². The Morgan fingerprint density at radius 1 is 1.24 bits per heavy atom. The lowest BCUT2D eigenvalue weighted by atomic mass is 10.2. The summed E-state index contributed by atoms with van der Waals surface area (Å²) in [6, 6.07) is 10.8. The van der Waals surface area contributed by atoms with Crippen molar-refractivity contribution >= 4 is 11.6 Å². The largest absolute Gasteiger partial charge is 0.494 e. The van der Waals surface area contributed by atoms with Gasteiger partial charge in [0.05, 0.1) is 6.61 Å². The first-order valence-corrected chi connectivity index (χ1v) is 7.16. The maximum absolute atomic E-state index is 12.1. The normalized spacial score (nSPS) is 10.2. The number of pyridine rings is 1. The number of rotatable bonds is 6. The standard InChI is InChI=1S/C17H20N2O2/c1-3-4-11-21-16-7-5-14(6-8-16)17(20)19-15-9-10-18-13(2)12-15/h5-10,12H,3-4,11H2,1-2H3,(H,18,19,20). The number of benzene rings is 1. The van der Waals surface area contributed by atoms with E-state index in [0.717, 1.165) is 30.0 Å². The van der Waals surface area contributed by atoms with Gasteiger partial charge in [-0.2, -0.15) is 0 Å². The van der Waals surface area contributed by atoms with E-state index >= 15 is 0 Å². The van der Waals surface area contributed by atoms with Crippen molar-refractivity contribution in [3.63, 3.8) is 0 Å². The molecule has 4 nitrogen and oxygen atoms in total. The minimum absolute atomic E-state index is 0.138. The third-order valence-corrected chi connectivity index (χ3v) is 3.04. The number of anilines is 1. The molecule has 4 heteroatoms. The maximum atomic E-state index is 12.1. The summed E-state index contributed by atoms with van der Waals surface area (Å²) in [5.41, 5.74) is 2.22. The number of nitrogens with zero attached hydrogens (tertiary/aromatic N) is 1. The van der Waals surface area contributed by atoms with Crippen LogP contribution in [0, 0.1) is 6.92 Å². The van der Waals surface area contributed by atoms with Crippen LogP contribution in [0.15, 0.2) is 42.6 Å². The average Bonchev–Trinajstić information content (AvgIpc) is 2.48. The highest BCUT2D eigenvalue weighted by atomic mass is 16.5. The van der Waals surface area contributed by atoms with Gasteiger partial charge < -0.3 is 10.1 Å². The number of hydrogen-bond donors (Lipinski definition) is 1. The summed E-state index contributed by atoms with van der Waals surface area (Å²) < 4.78 is 5.58. The van der Waals surface area contributed by atoms with Crippen molar-refractivity contribution in [1.82, 2.24) is 4.98 Å². The number of aromatic nitrogens is 1. The highest BCUT2D eigenvalue weighted by molar-refractivity contribution is 6.04. The molecular formula is C17H20N2O2. The van der Waals surface area contributed by atoms with Crippen LogP contribution in [0.5, 0.6) is 5.75 Å². The quantitative estimate of drug-likeness (QED) is 0.820. The first kappa shape index (κ1) is 15.0. The van der Waals surface area contributed by atoms with Gasteiger partial charge in [0.1, 0.15) is 5.75 Å². The van der Waals surface area contributed by atoms with Crippen molar-refractivity contribution < 1.29 is 9.53 Å². The fourth-order valence-electron chi connectivity index (χ4n) is 1.86. The Bertz CT molecular complexity index is 594. The van der Waals surface area contributed by atoms with Gasteiger partial charge >= 0.3 is 0 Å². The third kappa shape index (κ3) is 4.60. The van der Waals surface area contributed by atoms with Gasteiger partial charge in [-0.05, 0) is 49.7 Å². The second-order valence-corrected chi connectivity index (χ2v) is 4.87. The van der Waals surface area contributed by atoms with E-state index in [1.54, 1.807) is 24.4 Å². The van der Waals surface area contributed by atoms with Crippen LogP contribution in [0.1, 0.15) is 35.8 Å². The Morgan fingerprint density at radius 3 is 2.67 bits per heavy atom. The average molecular weight is 284 g/mol. The molecular weight excluding hydrogens is 264 g/mol. The molecule has 0 aliphatic heterocycles. The molecule has 0 fully saturated rings. The Kier molecular flexibility index (Phi) is 5.32. The van der Waals surface area contributed by atoms with E-state index in [9.17, 15) is 4.79 Å². The number of carbonyl (C=O) groups excluding carboxylic acids is 1. The lowest BCUT2D eigenvalue weighted by Crippen LogP contribution is -2.12. The molecule has 1 N–H and O–H groups in total. The molecule has 1 aromatic carbocycles. The lowest BCUT2D eigenvalue weighted by Gasteiger charge is -2.08. The molecule has 0 bridgehead atoms. The third-order valence-electron chi connectivity index (χ3n) is 3.04. The molecule has 0 aliphatic carbocycles. The van der Waals surface area contributed by atoms with Crippen molar-refractivity contribution in [3.8, 4) is 5.75 Å².